The van der Waals surface area contributed by atoms with Gasteiger partial charge in [0, 0.05) is 37.1 Å². The molecule has 2 aliphatic rings. The SMILES string of the molecule is Cc1nc(NC2CCN(Cc3cccc(OCCN4CCCCC4)c3)CC2)c2cc(C)sc2n1. The molecule has 7 heteroatoms. The molecule has 6 nitrogen and oxygen atoms in total. The van der Waals surface area contributed by atoms with Crippen LogP contribution in [0.15, 0.2) is 30.3 Å². The van der Waals surface area contributed by atoms with E-state index < -0.39 is 0 Å². The first-order valence-corrected chi connectivity index (χ1v) is 13.6. The van der Waals surface area contributed by atoms with Crippen LogP contribution in [-0.2, 0) is 6.54 Å². The minimum absolute atomic E-state index is 0.457. The molecule has 2 fully saturated rings. The Morgan fingerprint density at radius 2 is 1.82 bits per heavy atom. The lowest BCUT2D eigenvalue weighted by molar-refractivity contribution is 0.183. The maximum atomic E-state index is 6.09. The van der Waals surface area contributed by atoms with Gasteiger partial charge in [0.25, 0.3) is 0 Å². The van der Waals surface area contributed by atoms with E-state index in [1.807, 2.05) is 6.92 Å². The third-order valence-electron chi connectivity index (χ3n) is 6.99. The number of nitrogens with zero attached hydrogens (tertiary/aromatic N) is 4. The molecule has 5 rings (SSSR count). The summed E-state index contributed by atoms with van der Waals surface area (Å²) in [5.74, 6) is 2.84. The second-order valence-electron chi connectivity index (χ2n) is 9.79. The van der Waals surface area contributed by atoms with E-state index in [-0.39, 0.29) is 0 Å². The van der Waals surface area contributed by atoms with E-state index in [4.69, 9.17) is 9.72 Å². The van der Waals surface area contributed by atoms with Gasteiger partial charge in [-0.3, -0.25) is 9.80 Å². The maximum absolute atomic E-state index is 6.09. The summed E-state index contributed by atoms with van der Waals surface area (Å²) >= 11 is 1.75. The van der Waals surface area contributed by atoms with E-state index in [1.165, 1.54) is 42.8 Å². The Balaban J connectivity index is 1.10. The van der Waals surface area contributed by atoms with E-state index in [0.29, 0.717) is 6.04 Å². The van der Waals surface area contributed by atoms with Crippen molar-refractivity contribution in [1.29, 1.82) is 0 Å². The van der Waals surface area contributed by atoms with Gasteiger partial charge in [0.15, 0.2) is 0 Å². The van der Waals surface area contributed by atoms with Crippen molar-refractivity contribution >= 4 is 27.4 Å². The zero-order valence-electron chi connectivity index (χ0n) is 20.6. The minimum atomic E-state index is 0.457. The fraction of sp³-hybridized carbons (Fsp3) is 0.556. The van der Waals surface area contributed by atoms with E-state index in [0.717, 1.165) is 73.2 Å². The standard InChI is InChI=1S/C27H37N5OS/c1-20-17-25-26(28-21(2)29-27(25)34-20)30-23-9-13-32(14-10-23)19-22-7-6-8-24(18-22)33-16-15-31-11-4-3-5-12-31/h6-8,17-18,23H,3-5,9-16,19H2,1-2H3,(H,28,29,30). The smallest absolute Gasteiger partial charge is 0.138 e. The molecule has 1 aromatic carbocycles. The molecule has 1 N–H and O–H groups in total. The molecule has 0 bridgehead atoms. The number of ether oxygens (including phenoxy) is 1. The summed E-state index contributed by atoms with van der Waals surface area (Å²) in [5, 5.41) is 4.89. The second-order valence-corrected chi connectivity index (χ2v) is 11.0. The molecule has 0 amide bonds. The average Bonchev–Trinajstić information content (AvgIpc) is 3.21. The largest absolute Gasteiger partial charge is 0.492 e. The maximum Gasteiger partial charge on any atom is 0.138 e. The molecule has 0 spiro atoms. The number of fused-ring (bicyclic) bond motifs is 1. The van der Waals surface area contributed by atoms with Crippen LogP contribution < -0.4 is 10.1 Å². The van der Waals surface area contributed by atoms with Crippen LogP contribution >= 0.6 is 11.3 Å². The first kappa shape index (κ1) is 23.5. The lowest BCUT2D eigenvalue weighted by Crippen LogP contribution is -2.38. The van der Waals surface area contributed by atoms with Gasteiger partial charge in [-0.25, -0.2) is 9.97 Å². The Morgan fingerprint density at radius 3 is 2.65 bits per heavy atom. The molecule has 2 aromatic heterocycles. The number of aromatic nitrogens is 2. The van der Waals surface area contributed by atoms with Gasteiger partial charge >= 0.3 is 0 Å². The number of thiophene rings is 1. The van der Waals surface area contributed by atoms with Gasteiger partial charge in [-0.05, 0) is 76.4 Å². The average molecular weight is 480 g/mol. The number of rotatable bonds is 8. The van der Waals surface area contributed by atoms with Crippen LogP contribution in [0.2, 0.25) is 0 Å². The first-order valence-electron chi connectivity index (χ1n) is 12.8. The highest BCUT2D eigenvalue weighted by Gasteiger charge is 2.21. The number of nitrogens with one attached hydrogen (secondary N) is 1. The van der Waals surface area contributed by atoms with E-state index >= 15 is 0 Å². The number of hydrogen-bond donors (Lipinski definition) is 1. The molecule has 0 aliphatic carbocycles. The van der Waals surface area contributed by atoms with Crippen molar-refractivity contribution in [2.75, 3.05) is 44.6 Å². The molecule has 0 unspecified atom stereocenters. The number of piperidine rings is 2. The topological polar surface area (TPSA) is 53.5 Å². The van der Waals surface area contributed by atoms with Gasteiger partial charge in [0.2, 0.25) is 0 Å². The molecule has 182 valence electrons. The Bertz CT molecular complexity index is 1090. The second kappa shape index (κ2) is 11.0. The Kier molecular flexibility index (Phi) is 7.62. The van der Waals surface area contributed by atoms with Crippen LogP contribution in [0.25, 0.3) is 10.2 Å². The van der Waals surface area contributed by atoms with Crippen molar-refractivity contribution in [2.45, 2.75) is 58.5 Å². The highest BCUT2D eigenvalue weighted by atomic mass is 32.1. The molecule has 3 aromatic rings. The van der Waals surface area contributed by atoms with Crippen molar-refractivity contribution in [3.63, 3.8) is 0 Å². The fourth-order valence-electron chi connectivity index (χ4n) is 5.15. The summed E-state index contributed by atoms with van der Waals surface area (Å²) < 4.78 is 6.09. The normalized spacial score (nSPS) is 18.4. The number of likely N-dealkylation sites (tertiary alicyclic amines) is 2. The molecular weight excluding hydrogens is 442 g/mol. The monoisotopic (exact) mass is 479 g/mol. The lowest BCUT2D eigenvalue weighted by atomic mass is 10.0. The number of benzene rings is 1. The summed E-state index contributed by atoms with van der Waals surface area (Å²) in [6.07, 6.45) is 6.29. The number of anilines is 1. The molecule has 2 saturated heterocycles. The zero-order chi connectivity index (χ0) is 23.3. The van der Waals surface area contributed by atoms with Gasteiger partial charge in [0.1, 0.15) is 28.8 Å². The van der Waals surface area contributed by atoms with Crippen molar-refractivity contribution in [2.24, 2.45) is 0 Å². The van der Waals surface area contributed by atoms with E-state index in [1.54, 1.807) is 11.3 Å². The van der Waals surface area contributed by atoms with Crippen LogP contribution in [0.5, 0.6) is 5.75 Å². The van der Waals surface area contributed by atoms with Crippen LogP contribution in [0, 0.1) is 13.8 Å². The highest BCUT2D eigenvalue weighted by Crippen LogP contribution is 2.30. The molecule has 4 heterocycles. The van der Waals surface area contributed by atoms with Crippen molar-refractivity contribution in [3.05, 3.63) is 46.6 Å². The van der Waals surface area contributed by atoms with Crippen LogP contribution in [0.4, 0.5) is 5.82 Å². The van der Waals surface area contributed by atoms with Gasteiger partial charge < -0.3 is 10.1 Å². The summed E-state index contributed by atoms with van der Waals surface area (Å²) in [7, 11) is 0. The van der Waals surface area contributed by atoms with Gasteiger partial charge in [-0.1, -0.05) is 18.6 Å². The van der Waals surface area contributed by atoms with Crippen molar-refractivity contribution in [1.82, 2.24) is 19.8 Å². The number of hydrogen-bond acceptors (Lipinski definition) is 7. The molecule has 2 aliphatic heterocycles. The lowest BCUT2D eigenvalue weighted by Gasteiger charge is -2.32. The third-order valence-corrected chi connectivity index (χ3v) is 7.93. The van der Waals surface area contributed by atoms with Crippen LogP contribution in [-0.4, -0.2) is 65.1 Å². The van der Waals surface area contributed by atoms with Crippen molar-refractivity contribution in [3.8, 4) is 5.75 Å². The molecular formula is C27H37N5OS. The molecule has 0 radical (unpaired) electrons. The quantitative estimate of drug-likeness (QED) is 0.476. The van der Waals surface area contributed by atoms with E-state index in [9.17, 15) is 0 Å². The van der Waals surface area contributed by atoms with Gasteiger partial charge in [-0.2, -0.15) is 0 Å². The molecule has 0 saturated carbocycles. The summed E-state index contributed by atoms with van der Waals surface area (Å²) in [6, 6.07) is 11.3. The highest BCUT2D eigenvalue weighted by molar-refractivity contribution is 7.18. The third kappa shape index (κ3) is 6.06. The minimum Gasteiger partial charge on any atom is -0.492 e. The Morgan fingerprint density at radius 1 is 1.00 bits per heavy atom. The zero-order valence-corrected chi connectivity index (χ0v) is 21.4. The van der Waals surface area contributed by atoms with Gasteiger partial charge in [-0.15, -0.1) is 11.3 Å². The number of aryl methyl sites for hydroxylation is 2. The Labute approximate surface area is 207 Å². The molecule has 34 heavy (non-hydrogen) atoms. The summed E-state index contributed by atoms with van der Waals surface area (Å²) in [4.78, 5) is 16.8. The predicted octanol–water partition coefficient (Wildman–Crippen LogP) is 5.25. The van der Waals surface area contributed by atoms with Crippen molar-refractivity contribution < 1.29 is 4.74 Å². The van der Waals surface area contributed by atoms with Gasteiger partial charge in [0.05, 0.1) is 5.39 Å². The predicted molar refractivity (Wildman–Crippen MR) is 141 cm³/mol. The first-order chi connectivity index (χ1) is 16.6. The molecule has 0 atom stereocenters. The van der Waals surface area contributed by atoms with E-state index in [2.05, 4.69) is 57.4 Å². The fourth-order valence-corrected chi connectivity index (χ4v) is 6.08. The Hall–Kier alpha value is -2.22. The summed E-state index contributed by atoms with van der Waals surface area (Å²) in [6.45, 7) is 11.5. The van der Waals surface area contributed by atoms with Crippen LogP contribution in [0.1, 0.15) is 48.4 Å². The summed E-state index contributed by atoms with van der Waals surface area (Å²) in [5.41, 5.74) is 1.34. The van der Waals surface area contributed by atoms with Crippen LogP contribution in [0.3, 0.4) is 0 Å².